The minimum absolute atomic E-state index is 0.203. The van der Waals surface area contributed by atoms with E-state index in [1.165, 1.54) is 24.6 Å². The molecule has 0 aromatic carbocycles. The van der Waals surface area contributed by atoms with Crippen molar-refractivity contribution in [3.8, 4) is 0 Å². The van der Waals surface area contributed by atoms with Gasteiger partial charge >= 0.3 is 5.97 Å². The molecule has 17 heavy (non-hydrogen) atoms. The Morgan fingerprint density at radius 2 is 2.59 bits per heavy atom. The normalized spacial score (nSPS) is 21.2. The van der Waals surface area contributed by atoms with Crippen molar-refractivity contribution in [2.45, 2.75) is 31.9 Å². The van der Waals surface area contributed by atoms with E-state index >= 15 is 0 Å². The molecule has 0 bridgehead atoms. The van der Waals surface area contributed by atoms with Gasteiger partial charge in [0.2, 0.25) is 0 Å². The zero-order valence-electron chi connectivity index (χ0n) is 9.93. The molecule has 2 heterocycles. The number of aromatic nitrogens is 1. The molecule has 2 atom stereocenters. The summed E-state index contributed by atoms with van der Waals surface area (Å²) in [7, 11) is 1.37. The summed E-state index contributed by atoms with van der Waals surface area (Å²) in [6, 6.07) is 0.203. The van der Waals surface area contributed by atoms with E-state index in [0.717, 1.165) is 24.6 Å². The molecule has 1 aromatic rings. The van der Waals surface area contributed by atoms with Crippen LogP contribution in [0.1, 0.15) is 29.4 Å². The average molecular weight is 256 g/mol. The monoisotopic (exact) mass is 256 g/mol. The number of nitrogens with one attached hydrogen (secondary N) is 1. The molecule has 1 aliphatic rings. The van der Waals surface area contributed by atoms with Crippen LogP contribution in [0.5, 0.6) is 0 Å². The number of rotatable bonds is 4. The third-order valence-electron chi connectivity index (χ3n) is 2.77. The Balaban J connectivity index is 1.94. The molecule has 0 radical (unpaired) electrons. The fourth-order valence-electron chi connectivity index (χ4n) is 1.82. The summed E-state index contributed by atoms with van der Waals surface area (Å²) < 4.78 is 10.2. The Bertz CT molecular complexity index is 388. The predicted octanol–water partition coefficient (Wildman–Crippen LogP) is 1.91. The lowest BCUT2D eigenvalue weighted by atomic mass is 10.1. The molecule has 0 amide bonds. The van der Waals surface area contributed by atoms with Gasteiger partial charge in [-0.15, -0.1) is 0 Å². The summed E-state index contributed by atoms with van der Waals surface area (Å²) in [4.78, 5) is 15.9. The predicted molar refractivity (Wildman–Crippen MR) is 65.5 cm³/mol. The van der Waals surface area contributed by atoms with Crippen molar-refractivity contribution in [1.82, 2.24) is 4.98 Å². The fourth-order valence-corrected chi connectivity index (χ4v) is 2.65. The Morgan fingerprint density at radius 1 is 1.76 bits per heavy atom. The second-order valence-corrected chi connectivity index (χ2v) is 5.04. The van der Waals surface area contributed by atoms with Gasteiger partial charge in [0, 0.05) is 6.61 Å². The molecule has 5 nitrogen and oxygen atoms in total. The lowest BCUT2D eigenvalue weighted by Gasteiger charge is -2.19. The van der Waals surface area contributed by atoms with E-state index in [1.54, 1.807) is 0 Å². The first-order valence-electron chi connectivity index (χ1n) is 5.63. The zero-order chi connectivity index (χ0) is 12.3. The number of carbonyl (C=O) groups excluding carboxylic acids is 1. The molecule has 1 aromatic heterocycles. The molecule has 1 fully saturated rings. The maximum Gasteiger partial charge on any atom is 0.349 e. The number of hydrogen-bond donors (Lipinski definition) is 1. The van der Waals surface area contributed by atoms with Crippen molar-refractivity contribution in [3.63, 3.8) is 0 Å². The van der Waals surface area contributed by atoms with Crippen LogP contribution in [0.2, 0.25) is 0 Å². The molecule has 2 unspecified atom stereocenters. The quantitative estimate of drug-likeness (QED) is 0.834. The molecule has 1 aliphatic heterocycles. The second-order valence-electron chi connectivity index (χ2n) is 4.01. The Kier molecular flexibility index (Phi) is 3.96. The van der Waals surface area contributed by atoms with Crippen LogP contribution in [-0.2, 0) is 9.47 Å². The van der Waals surface area contributed by atoms with E-state index in [9.17, 15) is 4.79 Å². The van der Waals surface area contributed by atoms with Crippen LogP contribution < -0.4 is 5.32 Å². The highest BCUT2D eigenvalue weighted by atomic mass is 32.1. The fraction of sp³-hybridized carbons (Fsp3) is 0.636. The number of thiazole rings is 1. The van der Waals surface area contributed by atoms with Gasteiger partial charge in [-0.05, 0) is 19.8 Å². The van der Waals surface area contributed by atoms with Crippen molar-refractivity contribution < 1.29 is 14.3 Å². The number of methoxy groups -OCH3 is 1. The lowest BCUT2D eigenvalue weighted by molar-refractivity contribution is 0.0606. The SMILES string of the molecule is COC(=O)c1cnc(NC(C)C2CCCO2)s1. The first kappa shape index (κ1) is 12.3. The first-order chi connectivity index (χ1) is 8.20. The minimum Gasteiger partial charge on any atom is -0.465 e. The maximum atomic E-state index is 11.3. The number of carbonyl (C=O) groups is 1. The molecule has 6 heteroatoms. The lowest BCUT2D eigenvalue weighted by Crippen LogP contribution is -2.29. The van der Waals surface area contributed by atoms with Crippen LogP contribution in [0.15, 0.2) is 6.20 Å². The Labute approximate surface area is 104 Å². The smallest absolute Gasteiger partial charge is 0.349 e. The third-order valence-corrected chi connectivity index (χ3v) is 3.67. The molecule has 1 N–H and O–H groups in total. The van der Waals surface area contributed by atoms with Crippen LogP contribution in [0, 0.1) is 0 Å². The Morgan fingerprint density at radius 3 is 3.24 bits per heavy atom. The van der Waals surface area contributed by atoms with E-state index in [4.69, 9.17) is 4.74 Å². The van der Waals surface area contributed by atoms with Gasteiger partial charge < -0.3 is 14.8 Å². The zero-order valence-corrected chi connectivity index (χ0v) is 10.8. The van der Waals surface area contributed by atoms with E-state index in [0.29, 0.717) is 4.88 Å². The van der Waals surface area contributed by atoms with Crippen molar-refractivity contribution in [3.05, 3.63) is 11.1 Å². The molecule has 94 valence electrons. The van der Waals surface area contributed by atoms with Crippen molar-refractivity contribution in [2.24, 2.45) is 0 Å². The average Bonchev–Trinajstić information content (AvgIpc) is 2.98. The summed E-state index contributed by atoms with van der Waals surface area (Å²) >= 11 is 1.30. The van der Waals surface area contributed by atoms with E-state index < -0.39 is 0 Å². The molecule has 0 aliphatic carbocycles. The van der Waals surface area contributed by atoms with E-state index in [-0.39, 0.29) is 18.1 Å². The van der Waals surface area contributed by atoms with Gasteiger partial charge in [-0.1, -0.05) is 11.3 Å². The summed E-state index contributed by atoms with van der Waals surface area (Å²) in [5.41, 5.74) is 0. The Hall–Kier alpha value is -1.14. The number of ether oxygens (including phenoxy) is 2. The molecule has 2 rings (SSSR count). The number of nitrogens with zero attached hydrogens (tertiary/aromatic N) is 1. The van der Waals surface area contributed by atoms with E-state index in [1.807, 2.05) is 0 Å². The van der Waals surface area contributed by atoms with Gasteiger partial charge in [0.25, 0.3) is 0 Å². The molecule has 0 spiro atoms. The molecular formula is C11H16N2O3S. The van der Waals surface area contributed by atoms with Gasteiger partial charge in [0.15, 0.2) is 5.13 Å². The van der Waals surface area contributed by atoms with Gasteiger partial charge in [0.1, 0.15) is 4.88 Å². The summed E-state index contributed by atoms with van der Waals surface area (Å²) in [5, 5.41) is 3.99. The van der Waals surface area contributed by atoms with Crippen LogP contribution in [0.4, 0.5) is 5.13 Å². The van der Waals surface area contributed by atoms with E-state index in [2.05, 4.69) is 22.0 Å². The van der Waals surface area contributed by atoms with Crippen LogP contribution in [0.25, 0.3) is 0 Å². The number of hydrogen-bond acceptors (Lipinski definition) is 6. The number of esters is 1. The van der Waals surface area contributed by atoms with Gasteiger partial charge in [-0.3, -0.25) is 0 Å². The highest BCUT2D eigenvalue weighted by Crippen LogP contribution is 2.23. The highest BCUT2D eigenvalue weighted by Gasteiger charge is 2.23. The second kappa shape index (κ2) is 5.46. The summed E-state index contributed by atoms with van der Waals surface area (Å²) in [6.07, 6.45) is 3.95. The van der Waals surface area contributed by atoms with Crippen LogP contribution >= 0.6 is 11.3 Å². The maximum absolute atomic E-state index is 11.3. The first-order valence-corrected chi connectivity index (χ1v) is 6.44. The van der Waals surface area contributed by atoms with Crippen LogP contribution in [-0.4, -0.2) is 36.8 Å². The largest absolute Gasteiger partial charge is 0.465 e. The topological polar surface area (TPSA) is 60.5 Å². The molecular weight excluding hydrogens is 240 g/mol. The third kappa shape index (κ3) is 2.95. The van der Waals surface area contributed by atoms with Crippen molar-refractivity contribution in [2.75, 3.05) is 19.0 Å². The summed E-state index contributed by atoms with van der Waals surface area (Å²) in [6.45, 7) is 2.90. The molecule has 1 saturated heterocycles. The van der Waals surface area contributed by atoms with Gasteiger partial charge in [0.05, 0.1) is 25.5 Å². The standard InChI is InChI=1S/C11H16N2O3S/c1-7(8-4-3-5-16-8)13-11-12-6-9(17-11)10(14)15-2/h6-8H,3-5H2,1-2H3,(H,12,13). The minimum atomic E-state index is -0.347. The molecule has 0 saturated carbocycles. The number of anilines is 1. The highest BCUT2D eigenvalue weighted by molar-refractivity contribution is 7.17. The van der Waals surface area contributed by atoms with Crippen LogP contribution in [0.3, 0.4) is 0 Å². The summed E-state index contributed by atoms with van der Waals surface area (Å²) in [5.74, 6) is -0.347. The van der Waals surface area contributed by atoms with Crippen molar-refractivity contribution in [1.29, 1.82) is 0 Å². The van der Waals surface area contributed by atoms with Gasteiger partial charge in [-0.2, -0.15) is 0 Å². The van der Waals surface area contributed by atoms with Gasteiger partial charge in [-0.25, -0.2) is 9.78 Å². The van der Waals surface area contributed by atoms with Crippen molar-refractivity contribution >= 4 is 22.4 Å².